The Labute approximate surface area is 126 Å². The van der Waals surface area contributed by atoms with E-state index in [-0.39, 0.29) is 5.38 Å². The molecule has 0 saturated carbocycles. The minimum Gasteiger partial charge on any atom is -0.292 e. The normalized spacial score (nSPS) is 13.1. The van der Waals surface area contributed by atoms with E-state index in [0.717, 1.165) is 28.2 Å². The third-order valence-corrected chi connectivity index (χ3v) is 3.66. The number of halogens is 2. The van der Waals surface area contributed by atoms with Crippen LogP contribution in [0.5, 0.6) is 0 Å². The standard InChI is InChI=1S/C14H14Cl2N4/c1-8(15)14-17-11-6-10(16)4-5-12(11)20(14)13-7-19(3)18-9(13)2/h4-8H,1-3H3. The van der Waals surface area contributed by atoms with Gasteiger partial charge in [-0.3, -0.25) is 9.25 Å². The van der Waals surface area contributed by atoms with E-state index >= 15 is 0 Å². The van der Waals surface area contributed by atoms with Crippen molar-refractivity contribution in [3.05, 3.63) is 40.9 Å². The van der Waals surface area contributed by atoms with Crippen molar-refractivity contribution in [2.24, 2.45) is 7.05 Å². The highest BCUT2D eigenvalue weighted by Crippen LogP contribution is 2.30. The summed E-state index contributed by atoms with van der Waals surface area (Å²) in [5.41, 5.74) is 3.73. The van der Waals surface area contributed by atoms with Crippen molar-refractivity contribution in [1.29, 1.82) is 0 Å². The van der Waals surface area contributed by atoms with Gasteiger partial charge in [0.25, 0.3) is 0 Å². The van der Waals surface area contributed by atoms with Gasteiger partial charge in [-0.15, -0.1) is 11.6 Å². The van der Waals surface area contributed by atoms with E-state index in [9.17, 15) is 0 Å². The lowest BCUT2D eigenvalue weighted by Crippen LogP contribution is -2.02. The third-order valence-electron chi connectivity index (χ3n) is 3.23. The van der Waals surface area contributed by atoms with Crippen molar-refractivity contribution in [2.75, 3.05) is 0 Å². The van der Waals surface area contributed by atoms with E-state index in [1.54, 1.807) is 4.68 Å². The molecule has 1 aromatic carbocycles. The summed E-state index contributed by atoms with van der Waals surface area (Å²) in [5.74, 6) is 0.792. The molecule has 0 bridgehead atoms. The Morgan fingerprint density at radius 2 is 2.05 bits per heavy atom. The summed E-state index contributed by atoms with van der Waals surface area (Å²) in [7, 11) is 1.90. The molecule has 2 heterocycles. The second-order valence-corrected chi connectivity index (χ2v) is 5.92. The topological polar surface area (TPSA) is 35.6 Å². The molecule has 1 unspecified atom stereocenters. The number of nitrogens with zero attached hydrogens (tertiary/aromatic N) is 4. The van der Waals surface area contributed by atoms with Gasteiger partial charge in [-0.25, -0.2) is 4.98 Å². The molecule has 4 nitrogen and oxygen atoms in total. The Morgan fingerprint density at radius 3 is 2.65 bits per heavy atom. The van der Waals surface area contributed by atoms with Crippen LogP contribution in [0.4, 0.5) is 0 Å². The van der Waals surface area contributed by atoms with Crippen LogP contribution in [0.2, 0.25) is 5.02 Å². The molecule has 0 spiro atoms. The molecule has 0 radical (unpaired) electrons. The van der Waals surface area contributed by atoms with Gasteiger partial charge in [0.15, 0.2) is 0 Å². The number of aryl methyl sites for hydroxylation is 2. The number of rotatable bonds is 2. The van der Waals surface area contributed by atoms with Gasteiger partial charge in [0.2, 0.25) is 0 Å². The lowest BCUT2D eigenvalue weighted by atomic mass is 10.3. The Hall–Kier alpha value is -1.52. The van der Waals surface area contributed by atoms with E-state index in [2.05, 4.69) is 10.1 Å². The zero-order valence-electron chi connectivity index (χ0n) is 11.4. The molecule has 104 valence electrons. The fourth-order valence-corrected chi connectivity index (χ4v) is 2.71. The summed E-state index contributed by atoms with van der Waals surface area (Å²) in [4.78, 5) is 4.61. The van der Waals surface area contributed by atoms with Crippen LogP contribution >= 0.6 is 23.2 Å². The maximum atomic E-state index is 6.29. The van der Waals surface area contributed by atoms with E-state index in [1.807, 2.05) is 49.9 Å². The highest BCUT2D eigenvalue weighted by molar-refractivity contribution is 6.31. The molecule has 0 saturated heterocycles. The molecule has 0 amide bonds. The van der Waals surface area contributed by atoms with Crippen molar-refractivity contribution < 1.29 is 0 Å². The summed E-state index contributed by atoms with van der Waals surface area (Å²) < 4.78 is 3.83. The predicted molar refractivity (Wildman–Crippen MR) is 81.9 cm³/mol. The first kappa shape index (κ1) is 13.5. The van der Waals surface area contributed by atoms with Crippen LogP contribution < -0.4 is 0 Å². The molecule has 0 aliphatic carbocycles. The van der Waals surface area contributed by atoms with E-state index in [0.29, 0.717) is 5.02 Å². The monoisotopic (exact) mass is 308 g/mol. The predicted octanol–water partition coefficient (Wildman–Crippen LogP) is 4.02. The molecular weight excluding hydrogens is 295 g/mol. The minimum absolute atomic E-state index is 0.208. The maximum Gasteiger partial charge on any atom is 0.132 e. The van der Waals surface area contributed by atoms with Crippen LogP contribution in [-0.4, -0.2) is 19.3 Å². The number of alkyl halides is 1. The Kier molecular flexibility index (Phi) is 3.22. The summed E-state index contributed by atoms with van der Waals surface area (Å²) in [5, 5.41) is 4.85. The fourth-order valence-electron chi connectivity index (χ4n) is 2.40. The average molecular weight is 309 g/mol. The van der Waals surface area contributed by atoms with Gasteiger partial charge in [0.05, 0.1) is 27.8 Å². The van der Waals surface area contributed by atoms with Crippen LogP contribution in [0, 0.1) is 6.92 Å². The molecule has 3 aromatic rings. The SMILES string of the molecule is Cc1nn(C)cc1-n1c(C(C)Cl)nc2cc(Cl)ccc21. The zero-order chi connectivity index (χ0) is 14.4. The quantitative estimate of drug-likeness (QED) is 0.670. The molecule has 6 heteroatoms. The number of fused-ring (bicyclic) bond motifs is 1. The molecule has 3 rings (SSSR count). The first-order chi connectivity index (χ1) is 9.47. The van der Waals surface area contributed by atoms with Gasteiger partial charge in [0.1, 0.15) is 5.82 Å². The maximum absolute atomic E-state index is 6.29. The van der Waals surface area contributed by atoms with Crippen LogP contribution in [0.25, 0.3) is 16.7 Å². The lowest BCUT2D eigenvalue weighted by molar-refractivity contribution is 0.756. The summed E-state index contributed by atoms with van der Waals surface area (Å²) >= 11 is 12.3. The van der Waals surface area contributed by atoms with E-state index in [1.165, 1.54) is 0 Å². The fraction of sp³-hybridized carbons (Fsp3) is 0.286. The third kappa shape index (κ3) is 2.09. The number of hydrogen-bond acceptors (Lipinski definition) is 2. The second-order valence-electron chi connectivity index (χ2n) is 4.83. The Balaban J connectivity index is 2.37. The largest absolute Gasteiger partial charge is 0.292 e. The Bertz CT molecular complexity index is 786. The molecule has 2 aromatic heterocycles. The van der Waals surface area contributed by atoms with E-state index < -0.39 is 0 Å². The second kappa shape index (κ2) is 4.79. The number of hydrogen-bond donors (Lipinski definition) is 0. The zero-order valence-corrected chi connectivity index (χ0v) is 12.9. The van der Waals surface area contributed by atoms with Gasteiger partial charge in [0, 0.05) is 18.3 Å². The van der Waals surface area contributed by atoms with Crippen molar-refractivity contribution in [2.45, 2.75) is 19.2 Å². The lowest BCUT2D eigenvalue weighted by Gasteiger charge is -2.09. The minimum atomic E-state index is -0.208. The van der Waals surface area contributed by atoms with Crippen LogP contribution in [0.15, 0.2) is 24.4 Å². The first-order valence-electron chi connectivity index (χ1n) is 6.30. The highest BCUT2D eigenvalue weighted by Gasteiger charge is 2.19. The number of aromatic nitrogens is 4. The molecule has 20 heavy (non-hydrogen) atoms. The molecule has 0 aliphatic heterocycles. The highest BCUT2D eigenvalue weighted by atomic mass is 35.5. The molecule has 0 N–H and O–H groups in total. The van der Waals surface area contributed by atoms with Gasteiger partial charge in [-0.1, -0.05) is 11.6 Å². The Morgan fingerprint density at radius 1 is 1.30 bits per heavy atom. The van der Waals surface area contributed by atoms with E-state index in [4.69, 9.17) is 23.2 Å². The smallest absolute Gasteiger partial charge is 0.132 e. The molecule has 0 fully saturated rings. The molecular formula is C14H14Cl2N4. The first-order valence-corrected chi connectivity index (χ1v) is 7.11. The van der Waals surface area contributed by atoms with Crippen molar-refractivity contribution in [3.63, 3.8) is 0 Å². The molecule has 1 atom stereocenters. The van der Waals surface area contributed by atoms with Gasteiger partial charge in [-0.05, 0) is 32.0 Å². The number of benzene rings is 1. The van der Waals surface area contributed by atoms with Crippen molar-refractivity contribution in [3.8, 4) is 5.69 Å². The summed E-state index contributed by atoms with van der Waals surface area (Å²) in [6.07, 6.45) is 1.97. The van der Waals surface area contributed by atoms with Crippen LogP contribution in [-0.2, 0) is 7.05 Å². The number of imidazole rings is 1. The van der Waals surface area contributed by atoms with Gasteiger partial charge < -0.3 is 0 Å². The summed E-state index contributed by atoms with van der Waals surface area (Å²) in [6, 6.07) is 5.66. The molecule has 0 aliphatic rings. The van der Waals surface area contributed by atoms with Crippen molar-refractivity contribution in [1.82, 2.24) is 19.3 Å². The summed E-state index contributed by atoms with van der Waals surface area (Å²) in [6.45, 7) is 3.88. The van der Waals surface area contributed by atoms with Crippen molar-refractivity contribution >= 4 is 34.2 Å². The van der Waals surface area contributed by atoms with Crippen LogP contribution in [0.3, 0.4) is 0 Å². The van der Waals surface area contributed by atoms with Gasteiger partial charge >= 0.3 is 0 Å². The van der Waals surface area contributed by atoms with Gasteiger partial charge in [-0.2, -0.15) is 5.10 Å². The average Bonchev–Trinajstić information content (AvgIpc) is 2.88. The van der Waals surface area contributed by atoms with Crippen LogP contribution in [0.1, 0.15) is 23.8 Å².